The Balaban J connectivity index is 1.83. The van der Waals surface area contributed by atoms with E-state index in [0.717, 1.165) is 28.6 Å². The molecule has 1 aromatic heterocycles. The monoisotopic (exact) mass is 310 g/mol. The lowest BCUT2D eigenvalue weighted by Gasteiger charge is -2.09. The number of hydrogen-bond acceptors (Lipinski definition) is 5. The van der Waals surface area contributed by atoms with Crippen molar-refractivity contribution in [3.8, 4) is 17.2 Å². The van der Waals surface area contributed by atoms with E-state index in [1.165, 1.54) is 0 Å². The molecule has 0 aliphatic carbocycles. The molecule has 0 spiro atoms. The molecule has 0 atom stereocenters. The van der Waals surface area contributed by atoms with Gasteiger partial charge in [0, 0.05) is 13.7 Å². The molecule has 0 unspecified atom stereocenters. The number of nitrogens with zero attached hydrogens (tertiary/aromatic N) is 3. The third-order valence-electron chi connectivity index (χ3n) is 3.38. The first kappa shape index (κ1) is 15.2. The van der Waals surface area contributed by atoms with Gasteiger partial charge in [0.05, 0.1) is 18.0 Å². The quantitative estimate of drug-likeness (QED) is 0.757. The van der Waals surface area contributed by atoms with Crippen LogP contribution in [-0.4, -0.2) is 22.1 Å². The molecule has 0 aliphatic rings. The highest BCUT2D eigenvalue weighted by atomic mass is 16.5. The fourth-order valence-corrected chi connectivity index (χ4v) is 2.26. The lowest BCUT2D eigenvalue weighted by Crippen LogP contribution is -2.07. The average molecular weight is 310 g/mol. The summed E-state index contributed by atoms with van der Waals surface area (Å²) in [5.41, 5.74) is 8.16. The Kier molecular flexibility index (Phi) is 4.65. The molecule has 1 heterocycles. The SMILES string of the molecule is COCc1c(CN)nnn1-c1ccc(Oc2ccccc2)cc1. The molecule has 3 aromatic rings. The Morgan fingerprint density at radius 2 is 1.70 bits per heavy atom. The van der Waals surface area contributed by atoms with Crippen LogP contribution in [-0.2, 0) is 17.9 Å². The third kappa shape index (κ3) is 3.39. The fourth-order valence-electron chi connectivity index (χ4n) is 2.26. The second-order valence-electron chi connectivity index (χ2n) is 4.94. The Hall–Kier alpha value is -2.70. The summed E-state index contributed by atoms with van der Waals surface area (Å²) in [5, 5.41) is 8.25. The van der Waals surface area contributed by atoms with Crippen LogP contribution in [0.3, 0.4) is 0 Å². The van der Waals surface area contributed by atoms with Crippen LogP contribution in [0.1, 0.15) is 11.4 Å². The molecule has 118 valence electrons. The Morgan fingerprint density at radius 1 is 1.00 bits per heavy atom. The van der Waals surface area contributed by atoms with Gasteiger partial charge in [0.1, 0.15) is 17.2 Å². The molecule has 6 heteroatoms. The first-order chi connectivity index (χ1) is 11.3. The zero-order valence-electron chi connectivity index (χ0n) is 12.8. The summed E-state index contributed by atoms with van der Waals surface area (Å²) in [6, 6.07) is 17.3. The second-order valence-corrected chi connectivity index (χ2v) is 4.94. The van der Waals surface area contributed by atoms with Crippen molar-refractivity contribution in [2.24, 2.45) is 5.73 Å². The summed E-state index contributed by atoms with van der Waals surface area (Å²) >= 11 is 0. The molecule has 3 rings (SSSR count). The van der Waals surface area contributed by atoms with Crippen molar-refractivity contribution in [1.29, 1.82) is 0 Å². The minimum absolute atomic E-state index is 0.327. The van der Waals surface area contributed by atoms with Crippen molar-refractivity contribution in [3.63, 3.8) is 0 Å². The first-order valence-corrected chi connectivity index (χ1v) is 7.27. The number of ether oxygens (including phenoxy) is 2. The van der Waals surface area contributed by atoms with E-state index < -0.39 is 0 Å². The molecule has 0 saturated carbocycles. The molecular weight excluding hydrogens is 292 g/mol. The average Bonchev–Trinajstić information content (AvgIpc) is 3.00. The highest BCUT2D eigenvalue weighted by Gasteiger charge is 2.13. The minimum atomic E-state index is 0.327. The number of nitrogens with two attached hydrogens (primary N) is 1. The van der Waals surface area contributed by atoms with Crippen LogP contribution in [0, 0.1) is 0 Å². The summed E-state index contributed by atoms with van der Waals surface area (Å²) in [7, 11) is 1.63. The largest absolute Gasteiger partial charge is 0.457 e. The van der Waals surface area contributed by atoms with Crippen molar-refractivity contribution in [2.45, 2.75) is 13.2 Å². The fraction of sp³-hybridized carbons (Fsp3) is 0.176. The standard InChI is InChI=1S/C17H18N4O2/c1-22-12-17-16(11-18)19-20-21(17)13-7-9-15(10-8-13)23-14-5-3-2-4-6-14/h2-10H,11-12,18H2,1H3. The number of benzene rings is 2. The lowest BCUT2D eigenvalue weighted by atomic mass is 10.2. The molecule has 0 amide bonds. The van der Waals surface area contributed by atoms with Gasteiger partial charge in [-0.3, -0.25) is 0 Å². The van der Waals surface area contributed by atoms with Crippen LogP contribution < -0.4 is 10.5 Å². The zero-order valence-corrected chi connectivity index (χ0v) is 12.8. The van der Waals surface area contributed by atoms with E-state index >= 15 is 0 Å². The summed E-state index contributed by atoms with van der Waals surface area (Å²) in [6.07, 6.45) is 0. The van der Waals surface area contributed by atoms with Crippen LogP contribution >= 0.6 is 0 Å². The van der Waals surface area contributed by atoms with Gasteiger partial charge in [0.2, 0.25) is 0 Å². The predicted molar refractivity (Wildman–Crippen MR) is 86.5 cm³/mol. The second kappa shape index (κ2) is 7.04. The van der Waals surface area contributed by atoms with Gasteiger partial charge in [-0.2, -0.15) is 0 Å². The Labute approximate surface area is 134 Å². The minimum Gasteiger partial charge on any atom is -0.457 e. The predicted octanol–water partition coefficient (Wildman–Crippen LogP) is 2.66. The molecule has 23 heavy (non-hydrogen) atoms. The molecule has 2 aromatic carbocycles. The van der Waals surface area contributed by atoms with Gasteiger partial charge >= 0.3 is 0 Å². The van der Waals surface area contributed by atoms with Gasteiger partial charge < -0.3 is 15.2 Å². The maximum Gasteiger partial charge on any atom is 0.127 e. The first-order valence-electron chi connectivity index (χ1n) is 7.27. The molecular formula is C17H18N4O2. The van der Waals surface area contributed by atoms with Gasteiger partial charge in [0.15, 0.2) is 0 Å². The normalized spacial score (nSPS) is 10.7. The molecule has 6 nitrogen and oxygen atoms in total. The van der Waals surface area contributed by atoms with Gasteiger partial charge in [-0.05, 0) is 36.4 Å². The van der Waals surface area contributed by atoms with Crippen LogP contribution in [0.5, 0.6) is 11.5 Å². The Morgan fingerprint density at radius 3 is 2.35 bits per heavy atom. The lowest BCUT2D eigenvalue weighted by molar-refractivity contribution is 0.178. The summed E-state index contributed by atoms with van der Waals surface area (Å²) in [5.74, 6) is 1.55. The zero-order chi connectivity index (χ0) is 16.1. The van der Waals surface area contributed by atoms with Crippen molar-refractivity contribution in [3.05, 3.63) is 66.0 Å². The molecule has 0 saturated heterocycles. The van der Waals surface area contributed by atoms with Gasteiger partial charge in [-0.1, -0.05) is 23.4 Å². The molecule has 0 fully saturated rings. The highest BCUT2D eigenvalue weighted by molar-refractivity contribution is 5.40. The van der Waals surface area contributed by atoms with E-state index in [0.29, 0.717) is 13.2 Å². The van der Waals surface area contributed by atoms with Crippen LogP contribution in [0.25, 0.3) is 5.69 Å². The summed E-state index contributed by atoms with van der Waals surface area (Å²) in [4.78, 5) is 0. The van der Waals surface area contributed by atoms with E-state index in [-0.39, 0.29) is 0 Å². The highest BCUT2D eigenvalue weighted by Crippen LogP contribution is 2.23. The van der Waals surface area contributed by atoms with Gasteiger partial charge in [0.25, 0.3) is 0 Å². The van der Waals surface area contributed by atoms with Crippen molar-refractivity contribution in [2.75, 3.05) is 7.11 Å². The number of para-hydroxylation sites is 1. The van der Waals surface area contributed by atoms with E-state index in [2.05, 4.69) is 10.3 Å². The molecule has 0 bridgehead atoms. The van der Waals surface area contributed by atoms with E-state index in [1.54, 1.807) is 11.8 Å². The molecule has 0 aliphatic heterocycles. The summed E-state index contributed by atoms with van der Waals surface area (Å²) in [6.45, 7) is 0.732. The maximum atomic E-state index is 5.78. The third-order valence-corrected chi connectivity index (χ3v) is 3.38. The number of hydrogen-bond donors (Lipinski definition) is 1. The number of methoxy groups -OCH3 is 1. The van der Waals surface area contributed by atoms with Crippen LogP contribution in [0.4, 0.5) is 0 Å². The topological polar surface area (TPSA) is 75.2 Å². The van der Waals surface area contributed by atoms with E-state index in [1.807, 2.05) is 54.6 Å². The van der Waals surface area contributed by atoms with Crippen molar-refractivity contribution in [1.82, 2.24) is 15.0 Å². The number of aromatic nitrogens is 3. The molecule has 0 radical (unpaired) electrons. The van der Waals surface area contributed by atoms with Crippen LogP contribution in [0.2, 0.25) is 0 Å². The van der Waals surface area contributed by atoms with Gasteiger partial charge in [-0.25, -0.2) is 4.68 Å². The van der Waals surface area contributed by atoms with Crippen molar-refractivity contribution < 1.29 is 9.47 Å². The van der Waals surface area contributed by atoms with Crippen molar-refractivity contribution >= 4 is 0 Å². The van der Waals surface area contributed by atoms with Gasteiger partial charge in [-0.15, -0.1) is 5.10 Å². The van der Waals surface area contributed by atoms with E-state index in [4.69, 9.17) is 15.2 Å². The van der Waals surface area contributed by atoms with Crippen LogP contribution in [0.15, 0.2) is 54.6 Å². The summed E-state index contributed by atoms with van der Waals surface area (Å²) < 4.78 is 12.7. The smallest absolute Gasteiger partial charge is 0.127 e. The maximum absolute atomic E-state index is 5.78. The van der Waals surface area contributed by atoms with E-state index in [9.17, 15) is 0 Å². The Bertz CT molecular complexity index is 754. The molecule has 2 N–H and O–H groups in total. The number of rotatable bonds is 6.